The third-order valence-corrected chi connectivity index (χ3v) is 2.93. The maximum Gasteiger partial charge on any atom is 0.265 e. The van der Waals surface area contributed by atoms with Gasteiger partial charge in [0, 0.05) is 5.69 Å². The summed E-state index contributed by atoms with van der Waals surface area (Å²) < 4.78 is 5.61. The van der Waals surface area contributed by atoms with E-state index in [0.717, 1.165) is 5.56 Å². The zero-order valence-electron chi connectivity index (χ0n) is 12.0. The molecule has 1 atom stereocenters. The zero-order chi connectivity index (χ0) is 15.2. The summed E-state index contributed by atoms with van der Waals surface area (Å²) in [4.78, 5) is 12.1. The van der Waals surface area contributed by atoms with Crippen LogP contribution in [0.3, 0.4) is 0 Å². The number of aryl methyl sites for hydroxylation is 1. The third-order valence-electron chi connectivity index (χ3n) is 2.93. The number of nitrogens with one attached hydrogen (secondary N) is 1. The van der Waals surface area contributed by atoms with E-state index in [1.807, 2.05) is 37.3 Å². The van der Waals surface area contributed by atoms with Gasteiger partial charge in [-0.2, -0.15) is 5.26 Å². The summed E-state index contributed by atoms with van der Waals surface area (Å²) in [6.45, 7) is 3.65. The van der Waals surface area contributed by atoms with Gasteiger partial charge in [0.1, 0.15) is 5.75 Å². The Morgan fingerprint density at radius 3 is 2.71 bits per heavy atom. The SMILES string of the molecule is Cc1cccc(O[C@H](C)C(=O)Nc2cccc(C#N)c2)c1. The molecule has 0 fully saturated rings. The first-order chi connectivity index (χ1) is 10.1. The van der Waals surface area contributed by atoms with E-state index >= 15 is 0 Å². The summed E-state index contributed by atoms with van der Waals surface area (Å²) in [7, 11) is 0. The predicted molar refractivity (Wildman–Crippen MR) is 81.1 cm³/mol. The van der Waals surface area contributed by atoms with Crippen molar-refractivity contribution in [3.63, 3.8) is 0 Å². The Balaban J connectivity index is 2.01. The van der Waals surface area contributed by atoms with E-state index in [1.165, 1.54) is 0 Å². The highest BCUT2D eigenvalue weighted by molar-refractivity contribution is 5.94. The van der Waals surface area contributed by atoms with Crippen LogP contribution in [0, 0.1) is 18.3 Å². The molecule has 0 saturated carbocycles. The molecule has 0 spiro atoms. The van der Waals surface area contributed by atoms with Crippen molar-refractivity contribution in [1.29, 1.82) is 5.26 Å². The van der Waals surface area contributed by atoms with Gasteiger partial charge in [0.05, 0.1) is 11.6 Å². The molecular weight excluding hydrogens is 264 g/mol. The molecule has 0 saturated heterocycles. The van der Waals surface area contributed by atoms with Gasteiger partial charge < -0.3 is 10.1 Å². The van der Waals surface area contributed by atoms with Crippen molar-refractivity contribution in [3.8, 4) is 11.8 Å². The Bertz CT molecular complexity index is 689. The molecule has 2 aromatic rings. The molecule has 0 bridgehead atoms. The molecule has 4 nitrogen and oxygen atoms in total. The third kappa shape index (κ3) is 4.08. The average molecular weight is 280 g/mol. The van der Waals surface area contributed by atoms with E-state index in [9.17, 15) is 4.79 Å². The molecule has 0 aliphatic heterocycles. The van der Waals surface area contributed by atoms with E-state index in [-0.39, 0.29) is 5.91 Å². The van der Waals surface area contributed by atoms with Gasteiger partial charge in [0.15, 0.2) is 6.10 Å². The highest BCUT2D eigenvalue weighted by Crippen LogP contribution is 2.15. The van der Waals surface area contributed by atoms with Gasteiger partial charge in [0.25, 0.3) is 5.91 Å². The molecule has 1 amide bonds. The lowest BCUT2D eigenvalue weighted by molar-refractivity contribution is -0.122. The number of nitriles is 1. The molecule has 0 unspecified atom stereocenters. The number of nitrogens with zero attached hydrogens (tertiary/aromatic N) is 1. The molecule has 1 N–H and O–H groups in total. The summed E-state index contributed by atoms with van der Waals surface area (Å²) in [6.07, 6.45) is -0.627. The van der Waals surface area contributed by atoms with Crippen molar-refractivity contribution >= 4 is 11.6 Å². The normalized spacial score (nSPS) is 11.3. The number of benzene rings is 2. The summed E-state index contributed by atoms with van der Waals surface area (Å²) in [5, 5.41) is 11.6. The van der Waals surface area contributed by atoms with Crippen LogP contribution in [0.4, 0.5) is 5.69 Å². The predicted octanol–water partition coefficient (Wildman–Crippen LogP) is 3.27. The number of carbonyl (C=O) groups is 1. The maximum absolute atomic E-state index is 12.1. The van der Waals surface area contributed by atoms with Gasteiger partial charge in [-0.25, -0.2) is 0 Å². The quantitative estimate of drug-likeness (QED) is 0.935. The second-order valence-electron chi connectivity index (χ2n) is 4.76. The summed E-state index contributed by atoms with van der Waals surface area (Å²) in [6, 6.07) is 16.3. The fraction of sp³-hybridized carbons (Fsp3) is 0.176. The van der Waals surface area contributed by atoms with Gasteiger partial charge in [-0.05, 0) is 49.7 Å². The molecule has 0 aromatic heterocycles. The minimum atomic E-state index is -0.627. The summed E-state index contributed by atoms with van der Waals surface area (Å²) in [5.41, 5.74) is 2.15. The molecule has 0 aliphatic rings. The van der Waals surface area contributed by atoms with Crippen LogP contribution < -0.4 is 10.1 Å². The molecule has 2 rings (SSSR count). The van der Waals surface area contributed by atoms with Crippen LogP contribution in [0.1, 0.15) is 18.1 Å². The van der Waals surface area contributed by atoms with Gasteiger partial charge in [0.2, 0.25) is 0 Å². The van der Waals surface area contributed by atoms with Crippen LogP contribution >= 0.6 is 0 Å². The standard InChI is InChI=1S/C17H16N2O2/c1-12-5-3-8-16(9-12)21-13(2)17(20)19-15-7-4-6-14(10-15)11-18/h3-10,13H,1-2H3,(H,19,20)/t13-/m1/s1. The molecule has 4 heteroatoms. The molecule has 0 radical (unpaired) electrons. The Labute approximate surface area is 124 Å². The van der Waals surface area contributed by atoms with Gasteiger partial charge in [-0.3, -0.25) is 4.79 Å². The van der Waals surface area contributed by atoms with Crippen LogP contribution in [-0.2, 0) is 4.79 Å². The number of hydrogen-bond acceptors (Lipinski definition) is 3. The van der Waals surface area contributed by atoms with E-state index in [0.29, 0.717) is 17.0 Å². The van der Waals surface area contributed by atoms with Crippen molar-refractivity contribution in [2.24, 2.45) is 0 Å². The van der Waals surface area contributed by atoms with Crippen LogP contribution in [0.25, 0.3) is 0 Å². The average Bonchev–Trinajstić information content (AvgIpc) is 2.47. The number of hydrogen-bond donors (Lipinski definition) is 1. The first kappa shape index (κ1) is 14.6. The lowest BCUT2D eigenvalue weighted by Crippen LogP contribution is -2.30. The van der Waals surface area contributed by atoms with Crippen molar-refractivity contribution in [1.82, 2.24) is 0 Å². The van der Waals surface area contributed by atoms with E-state index in [2.05, 4.69) is 5.32 Å². The lowest BCUT2D eigenvalue weighted by atomic mass is 10.2. The molecule has 21 heavy (non-hydrogen) atoms. The largest absolute Gasteiger partial charge is 0.481 e. The molecule has 2 aromatic carbocycles. The highest BCUT2D eigenvalue weighted by atomic mass is 16.5. The van der Waals surface area contributed by atoms with Crippen LogP contribution in [-0.4, -0.2) is 12.0 Å². The molecule has 106 valence electrons. The smallest absolute Gasteiger partial charge is 0.265 e. The van der Waals surface area contributed by atoms with E-state index in [1.54, 1.807) is 31.2 Å². The Kier molecular flexibility index (Phi) is 4.57. The minimum absolute atomic E-state index is 0.258. The second-order valence-corrected chi connectivity index (χ2v) is 4.76. The van der Waals surface area contributed by atoms with Crippen molar-refractivity contribution < 1.29 is 9.53 Å². The number of amides is 1. The first-order valence-electron chi connectivity index (χ1n) is 6.63. The Morgan fingerprint density at radius 2 is 2.00 bits per heavy atom. The van der Waals surface area contributed by atoms with Crippen LogP contribution in [0.2, 0.25) is 0 Å². The highest BCUT2D eigenvalue weighted by Gasteiger charge is 2.15. The number of anilines is 1. The fourth-order valence-electron chi connectivity index (χ4n) is 1.86. The monoisotopic (exact) mass is 280 g/mol. The zero-order valence-corrected chi connectivity index (χ0v) is 12.0. The molecule has 0 heterocycles. The van der Waals surface area contributed by atoms with Crippen LogP contribution in [0.5, 0.6) is 5.75 Å². The number of carbonyl (C=O) groups excluding carboxylic acids is 1. The molecular formula is C17H16N2O2. The number of ether oxygens (including phenoxy) is 1. The number of rotatable bonds is 4. The minimum Gasteiger partial charge on any atom is -0.481 e. The lowest BCUT2D eigenvalue weighted by Gasteiger charge is -2.15. The van der Waals surface area contributed by atoms with Crippen molar-refractivity contribution in [2.45, 2.75) is 20.0 Å². The topological polar surface area (TPSA) is 62.1 Å². The van der Waals surface area contributed by atoms with E-state index < -0.39 is 6.10 Å². The fourth-order valence-corrected chi connectivity index (χ4v) is 1.86. The maximum atomic E-state index is 12.1. The van der Waals surface area contributed by atoms with Gasteiger partial charge >= 0.3 is 0 Å². The molecule has 0 aliphatic carbocycles. The first-order valence-corrected chi connectivity index (χ1v) is 6.63. The Morgan fingerprint density at radius 1 is 1.24 bits per heavy atom. The van der Waals surface area contributed by atoms with E-state index in [4.69, 9.17) is 10.00 Å². The van der Waals surface area contributed by atoms with Crippen molar-refractivity contribution in [3.05, 3.63) is 59.7 Å². The second kappa shape index (κ2) is 6.58. The Hall–Kier alpha value is -2.80. The van der Waals surface area contributed by atoms with Gasteiger partial charge in [-0.1, -0.05) is 18.2 Å². The van der Waals surface area contributed by atoms with Gasteiger partial charge in [-0.15, -0.1) is 0 Å². The van der Waals surface area contributed by atoms with Crippen LogP contribution in [0.15, 0.2) is 48.5 Å². The summed E-state index contributed by atoms with van der Waals surface area (Å²) in [5.74, 6) is 0.398. The van der Waals surface area contributed by atoms with Crippen molar-refractivity contribution in [2.75, 3.05) is 5.32 Å². The summed E-state index contributed by atoms with van der Waals surface area (Å²) >= 11 is 0.